The van der Waals surface area contributed by atoms with E-state index in [-0.39, 0.29) is 11.9 Å². The van der Waals surface area contributed by atoms with Gasteiger partial charge in [0.2, 0.25) is 0 Å². The summed E-state index contributed by atoms with van der Waals surface area (Å²) in [5.41, 5.74) is 1.20. The monoisotopic (exact) mass is 369 g/mol. The van der Waals surface area contributed by atoms with Crippen LogP contribution in [0.4, 0.5) is 5.82 Å². The number of fused-ring (bicyclic) bond motifs is 1. The van der Waals surface area contributed by atoms with E-state index in [1.165, 1.54) is 57.8 Å². The van der Waals surface area contributed by atoms with Gasteiger partial charge in [-0.1, -0.05) is 44.9 Å². The van der Waals surface area contributed by atoms with Crippen molar-refractivity contribution in [1.82, 2.24) is 19.9 Å². The van der Waals surface area contributed by atoms with Gasteiger partial charge < -0.3 is 10.6 Å². The molecule has 0 aromatic carbocycles. The molecule has 0 spiro atoms. The van der Waals surface area contributed by atoms with Gasteiger partial charge in [-0.15, -0.1) is 0 Å². The van der Waals surface area contributed by atoms with Crippen LogP contribution in [0.3, 0.4) is 0 Å². The number of carbonyl (C=O) groups is 1. The van der Waals surface area contributed by atoms with E-state index in [1.807, 2.05) is 12.3 Å². The predicted octanol–water partition coefficient (Wildman–Crippen LogP) is 4.17. The molecule has 2 aromatic heterocycles. The maximum atomic E-state index is 12.7. The maximum absolute atomic E-state index is 12.7. The number of carbonyl (C=O) groups excluding carboxylic acids is 1. The highest BCUT2D eigenvalue weighted by molar-refractivity contribution is 5.99. The van der Waals surface area contributed by atoms with E-state index in [0.29, 0.717) is 11.2 Å². The van der Waals surface area contributed by atoms with Crippen LogP contribution in [0.2, 0.25) is 0 Å². The van der Waals surface area contributed by atoms with Crippen LogP contribution in [0.5, 0.6) is 0 Å². The summed E-state index contributed by atoms with van der Waals surface area (Å²) < 4.78 is 1.69. The Morgan fingerprint density at radius 1 is 1.04 bits per heavy atom. The van der Waals surface area contributed by atoms with Gasteiger partial charge in [0.15, 0.2) is 5.65 Å². The Hall–Kier alpha value is -2.11. The van der Waals surface area contributed by atoms with Crippen molar-refractivity contribution in [3.8, 4) is 0 Å². The van der Waals surface area contributed by atoms with Crippen LogP contribution in [-0.2, 0) is 0 Å². The third-order valence-electron chi connectivity index (χ3n) is 6.10. The Labute approximate surface area is 161 Å². The van der Waals surface area contributed by atoms with Crippen LogP contribution in [0, 0.1) is 5.92 Å². The minimum Gasteiger partial charge on any atom is -0.370 e. The lowest BCUT2D eigenvalue weighted by atomic mass is 9.95. The highest BCUT2D eigenvalue weighted by Crippen LogP contribution is 2.23. The average Bonchev–Trinajstić information content (AvgIpc) is 2.94. The number of nitrogens with one attached hydrogen (secondary N) is 2. The molecular formula is C21H31N5O. The summed E-state index contributed by atoms with van der Waals surface area (Å²) in [6.07, 6.45) is 17.4. The fourth-order valence-corrected chi connectivity index (χ4v) is 4.45. The van der Waals surface area contributed by atoms with Crippen LogP contribution in [0.15, 0.2) is 18.5 Å². The molecule has 0 saturated heterocycles. The van der Waals surface area contributed by atoms with Crippen molar-refractivity contribution in [2.45, 2.75) is 76.7 Å². The lowest BCUT2D eigenvalue weighted by Crippen LogP contribution is -2.36. The van der Waals surface area contributed by atoms with Crippen molar-refractivity contribution in [2.24, 2.45) is 5.92 Å². The molecule has 2 aliphatic carbocycles. The summed E-state index contributed by atoms with van der Waals surface area (Å²) in [7, 11) is 0. The van der Waals surface area contributed by atoms with Crippen LogP contribution >= 0.6 is 0 Å². The third-order valence-corrected chi connectivity index (χ3v) is 6.10. The molecule has 0 radical (unpaired) electrons. The lowest BCUT2D eigenvalue weighted by Gasteiger charge is -2.22. The Bertz CT molecular complexity index is 757. The van der Waals surface area contributed by atoms with Crippen LogP contribution < -0.4 is 10.6 Å². The molecule has 2 heterocycles. The van der Waals surface area contributed by atoms with E-state index in [1.54, 1.807) is 10.7 Å². The third kappa shape index (κ3) is 4.60. The number of nitrogens with zero attached hydrogens (tertiary/aromatic N) is 3. The highest BCUT2D eigenvalue weighted by Gasteiger charge is 2.20. The first kappa shape index (κ1) is 18.3. The number of anilines is 1. The SMILES string of the molecule is O=C(NC1CCCCC1)c1cnn2ccc(NCC3CCCCCC3)nc12. The largest absolute Gasteiger partial charge is 0.370 e. The molecule has 6 nitrogen and oxygen atoms in total. The summed E-state index contributed by atoms with van der Waals surface area (Å²) in [4.78, 5) is 17.4. The molecule has 1 amide bonds. The van der Waals surface area contributed by atoms with Gasteiger partial charge in [0, 0.05) is 18.8 Å². The van der Waals surface area contributed by atoms with Crippen molar-refractivity contribution in [1.29, 1.82) is 0 Å². The summed E-state index contributed by atoms with van der Waals surface area (Å²) >= 11 is 0. The summed E-state index contributed by atoms with van der Waals surface area (Å²) in [5.74, 6) is 1.51. The van der Waals surface area contributed by atoms with E-state index in [4.69, 9.17) is 0 Å². The van der Waals surface area contributed by atoms with Gasteiger partial charge in [-0.2, -0.15) is 5.10 Å². The van der Waals surface area contributed by atoms with Crippen LogP contribution in [0.25, 0.3) is 5.65 Å². The van der Waals surface area contributed by atoms with Crippen LogP contribution in [-0.4, -0.2) is 33.1 Å². The summed E-state index contributed by atoms with van der Waals surface area (Å²) in [6.45, 7) is 0.959. The second-order valence-corrected chi connectivity index (χ2v) is 8.19. The van der Waals surface area contributed by atoms with E-state index >= 15 is 0 Å². The fourth-order valence-electron chi connectivity index (χ4n) is 4.45. The van der Waals surface area contributed by atoms with E-state index < -0.39 is 0 Å². The molecule has 6 heteroatoms. The standard InChI is InChI=1S/C21H31N5O/c27-21(24-17-10-6-3-7-11-17)18-15-23-26-13-12-19(25-20(18)26)22-14-16-8-4-1-2-5-9-16/h12-13,15-17H,1-11,14H2,(H,22,25)(H,24,27). The molecule has 2 aromatic rings. The van der Waals surface area contributed by atoms with Crippen LogP contribution in [0.1, 0.15) is 81.0 Å². The zero-order valence-electron chi connectivity index (χ0n) is 16.1. The topological polar surface area (TPSA) is 71.3 Å². The fraction of sp³-hybridized carbons (Fsp3) is 0.667. The second kappa shape index (κ2) is 8.72. The molecule has 27 heavy (non-hydrogen) atoms. The second-order valence-electron chi connectivity index (χ2n) is 8.19. The zero-order chi connectivity index (χ0) is 18.5. The number of hydrogen-bond acceptors (Lipinski definition) is 4. The molecule has 2 saturated carbocycles. The molecular weight excluding hydrogens is 338 g/mol. The van der Waals surface area contributed by atoms with Gasteiger partial charge in [0.05, 0.1) is 6.20 Å². The summed E-state index contributed by atoms with van der Waals surface area (Å²) in [6, 6.07) is 2.23. The van der Waals surface area contributed by atoms with Crippen molar-refractivity contribution in [3.05, 3.63) is 24.0 Å². The van der Waals surface area contributed by atoms with Crippen molar-refractivity contribution in [2.75, 3.05) is 11.9 Å². The lowest BCUT2D eigenvalue weighted by molar-refractivity contribution is 0.0929. The first-order valence-electron chi connectivity index (χ1n) is 10.7. The highest BCUT2D eigenvalue weighted by atomic mass is 16.1. The molecule has 0 atom stereocenters. The zero-order valence-corrected chi connectivity index (χ0v) is 16.1. The molecule has 0 unspecified atom stereocenters. The summed E-state index contributed by atoms with van der Waals surface area (Å²) in [5, 5.41) is 11.0. The molecule has 2 fully saturated rings. The maximum Gasteiger partial charge on any atom is 0.256 e. The number of hydrogen-bond donors (Lipinski definition) is 2. The van der Waals surface area contributed by atoms with Gasteiger partial charge in [-0.05, 0) is 37.7 Å². The first-order valence-corrected chi connectivity index (χ1v) is 10.7. The minimum absolute atomic E-state index is 0.0506. The molecule has 4 rings (SSSR count). The Kier molecular flexibility index (Phi) is 5.90. The molecule has 0 bridgehead atoms. The molecule has 146 valence electrons. The van der Waals surface area contributed by atoms with E-state index in [0.717, 1.165) is 31.1 Å². The van der Waals surface area contributed by atoms with Crippen molar-refractivity contribution >= 4 is 17.4 Å². The quantitative estimate of drug-likeness (QED) is 0.776. The van der Waals surface area contributed by atoms with Gasteiger partial charge >= 0.3 is 0 Å². The van der Waals surface area contributed by atoms with E-state index in [2.05, 4.69) is 20.7 Å². The Morgan fingerprint density at radius 2 is 1.74 bits per heavy atom. The van der Waals surface area contributed by atoms with Gasteiger partial charge in [0.1, 0.15) is 11.4 Å². The average molecular weight is 370 g/mol. The van der Waals surface area contributed by atoms with Gasteiger partial charge in [-0.25, -0.2) is 9.50 Å². The van der Waals surface area contributed by atoms with Gasteiger partial charge in [0.25, 0.3) is 5.91 Å². The molecule has 2 N–H and O–H groups in total. The smallest absolute Gasteiger partial charge is 0.256 e. The minimum atomic E-state index is -0.0506. The number of rotatable bonds is 5. The molecule has 2 aliphatic rings. The normalized spacial score (nSPS) is 19.7. The van der Waals surface area contributed by atoms with Gasteiger partial charge in [-0.3, -0.25) is 4.79 Å². The molecule has 0 aliphatic heterocycles. The number of aromatic nitrogens is 3. The number of amides is 1. The van der Waals surface area contributed by atoms with Crippen molar-refractivity contribution in [3.63, 3.8) is 0 Å². The first-order chi connectivity index (χ1) is 13.3. The van der Waals surface area contributed by atoms with E-state index in [9.17, 15) is 4.79 Å². The Morgan fingerprint density at radius 3 is 2.52 bits per heavy atom. The predicted molar refractivity (Wildman–Crippen MR) is 107 cm³/mol. The Balaban J connectivity index is 1.43. The van der Waals surface area contributed by atoms with Crippen molar-refractivity contribution < 1.29 is 4.79 Å².